The number of amides is 4. The van der Waals surface area contributed by atoms with E-state index in [1.807, 2.05) is 64.9 Å². The van der Waals surface area contributed by atoms with E-state index in [1.54, 1.807) is 4.90 Å². The molecular weight excluding hydrogens is 709 g/mol. The number of carbonyl (C=O) groups is 4. The van der Waals surface area contributed by atoms with Gasteiger partial charge in [0, 0.05) is 74.2 Å². The van der Waals surface area contributed by atoms with Gasteiger partial charge in [0.2, 0.25) is 11.8 Å². The lowest BCUT2D eigenvalue weighted by molar-refractivity contribution is -0.115. The highest BCUT2D eigenvalue weighted by atomic mass is 16.6. The molecule has 2 aromatic carbocycles. The molecule has 0 bridgehead atoms. The molecule has 2 saturated heterocycles. The molecule has 2 aromatic heterocycles. The van der Waals surface area contributed by atoms with Gasteiger partial charge in [-0.05, 0) is 127 Å². The van der Waals surface area contributed by atoms with Crippen LogP contribution in [0.5, 0.6) is 0 Å². The van der Waals surface area contributed by atoms with E-state index in [0.29, 0.717) is 24.9 Å². The third-order valence-corrected chi connectivity index (χ3v) is 9.93. The minimum Gasteiger partial charge on any atom is -0.444 e. The van der Waals surface area contributed by atoms with Gasteiger partial charge in [0.05, 0.1) is 11.4 Å². The van der Waals surface area contributed by atoms with Gasteiger partial charge >= 0.3 is 12.2 Å². The van der Waals surface area contributed by atoms with E-state index in [1.165, 1.54) is 19.4 Å². The summed E-state index contributed by atoms with van der Waals surface area (Å²) in [4.78, 5) is 57.0. The Hall–Kier alpha value is -5.26. The SMILES string of the molecule is CC(=O)Nc1c[nH]c2ccc(/C=C/C3CCN(C(=O)OC(C)(C)C)CC3)cc12.CC(=O)Nc1c[nH]c2ccc(CCC3CCN(C(=O)OC(C)(C)C)CC3)cc12. The Morgan fingerprint density at radius 2 is 1.20 bits per heavy atom. The van der Waals surface area contributed by atoms with Crippen molar-refractivity contribution in [2.45, 2.75) is 105 Å². The van der Waals surface area contributed by atoms with E-state index < -0.39 is 11.2 Å². The van der Waals surface area contributed by atoms with Crippen LogP contribution in [0.4, 0.5) is 21.0 Å². The zero-order chi connectivity index (χ0) is 40.6. The molecule has 2 fully saturated rings. The van der Waals surface area contributed by atoms with Gasteiger partial charge in [-0.25, -0.2) is 9.59 Å². The van der Waals surface area contributed by atoms with E-state index in [9.17, 15) is 19.2 Å². The first-order chi connectivity index (χ1) is 26.4. The summed E-state index contributed by atoms with van der Waals surface area (Å²) in [6.45, 7) is 17.4. The summed E-state index contributed by atoms with van der Waals surface area (Å²) in [5.74, 6) is 0.910. The van der Waals surface area contributed by atoms with Gasteiger partial charge in [-0.1, -0.05) is 24.3 Å². The van der Waals surface area contributed by atoms with Crippen molar-refractivity contribution in [2.24, 2.45) is 11.8 Å². The summed E-state index contributed by atoms with van der Waals surface area (Å²) in [5, 5.41) is 7.77. The highest BCUT2D eigenvalue weighted by molar-refractivity contribution is 6.02. The number of piperidine rings is 2. The quantitative estimate of drug-likeness (QED) is 0.147. The Morgan fingerprint density at radius 1 is 0.714 bits per heavy atom. The Bertz CT molecular complexity index is 2020. The summed E-state index contributed by atoms with van der Waals surface area (Å²) in [6, 6.07) is 12.5. The molecule has 4 aromatic rings. The van der Waals surface area contributed by atoms with Crippen LogP contribution in [-0.2, 0) is 25.5 Å². The molecular formula is C44H60N6O6. The lowest BCUT2D eigenvalue weighted by Crippen LogP contribution is -2.41. The molecule has 0 aliphatic carbocycles. The Morgan fingerprint density at radius 3 is 1.70 bits per heavy atom. The van der Waals surface area contributed by atoms with Crippen LogP contribution in [-0.4, -0.2) is 81.1 Å². The van der Waals surface area contributed by atoms with Crippen LogP contribution in [0.25, 0.3) is 27.9 Å². The van der Waals surface area contributed by atoms with Crippen molar-refractivity contribution in [3.05, 3.63) is 66.0 Å². The third kappa shape index (κ3) is 12.4. The van der Waals surface area contributed by atoms with Crippen LogP contribution in [0.1, 0.15) is 98.6 Å². The van der Waals surface area contributed by atoms with Crippen LogP contribution < -0.4 is 10.6 Å². The molecule has 12 heteroatoms. The molecule has 0 saturated carbocycles. The Kier molecular flexibility index (Phi) is 13.6. The first-order valence-corrected chi connectivity index (χ1v) is 19.8. The zero-order valence-electron chi connectivity index (χ0n) is 34.3. The van der Waals surface area contributed by atoms with Crippen molar-refractivity contribution in [2.75, 3.05) is 36.8 Å². The second-order valence-corrected chi connectivity index (χ2v) is 17.1. The predicted octanol–water partition coefficient (Wildman–Crippen LogP) is 9.49. The highest BCUT2D eigenvalue weighted by Gasteiger charge is 2.28. The Balaban J connectivity index is 0.000000214. The van der Waals surface area contributed by atoms with Gasteiger partial charge in [0.25, 0.3) is 0 Å². The number of ether oxygens (including phenoxy) is 2. The van der Waals surface area contributed by atoms with Crippen LogP contribution >= 0.6 is 0 Å². The van der Waals surface area contributed by atoms with Crippen molar-refractivity contribution in [3.8, 4) is 0 Å². The molecule has 4 N–H and O–H groups in total. The molecule has 12 nitrogen and oxygen atoms in total. The molecule has 0 spiro atoms. The van der Waals surface area contributed by atoms with Crippen molar-refractivity contribution in [1.29, 1.82) is 0 Å². The maximum Gasteiger partial charge on any atom is 0.410 e. The molecule has 6 rings (SSSR count). The third-order valence-electron chi connectivity index (χ3n) is 9.93. The number of aromatic amines is 2. The number of anilines is 2. The first kappa shape index (κ1) is 41.9. The highest BCUT2D eigenvalue weighted by Crippen LogP contribution is 2.29. The van der Waals surface area contributed by atoms with Crippen LogP contribution in [0, 0.1) is 11.8 Å². The zero-order valence-corrected chi connectivity index (χ0v) is 34.3. The molecule has 0 atom stereocenters. The second-order valence-electron chi connectivity index (χ2n) is 17.1. The number of nitrogens with zero attached hydrogens (tertiary/aromatic N) is 2. The summed E-state index contributed by atoms with van der Waals surface area (Å²) in [7, 11) is 0. The fourth-order valence-electron chi connectivity index (χ4n) is 7.10. The fraction of sp³-hybridized carbons (Fsp3) is 0.500. The summed E-state index contributed by atoms with van der Waals surface area (Å²) in [5.41, 5.74) is 5.10. The van der Waals surface area contributed by atoms with Crippen LogP contribution in [0.15, 0.2) is 54.9 Å². The molecule has 2 aliphatic heterocycles. The maximum atomic E-state index is 12.2. The number of benzene rings is 2. The molecule has 2 aliphatic rings. The minimum absolute atomic E-state index is 0.0666. The van der Waals surface area contributed by atoms with Crippen LogP contribution in [0.2, 0.25) is 0 Å². The van der Waals surface area contributed by atoms with Gasteiger partial charge in [0.1, 0.15) is 11.2 Å². The summed E-state index contributed by atoms with van der Waals surface area (Å²) in [6.07, 6.45) is 13.6. The van der Waals surface area contributed by atoms with E-state index in [0.717, 1.165) is 90.4 Å². The van der Waals surface area contributed by atoms with Gasteiger partial charge in [-0.2, -0.15) is 0 Å². The number of aryl methyl sites for hydroxylation is 1. The number of carbonyl (C=O) groups excluding carboxylic acids is 4. The van der Waals surface area contributed by atoms with E-state index in [4.69, 9.17) is 9.47 Å². The van der Waals surface area contributed by atoms with E-state index in [-0.39, 0.29) is 24.0 Å². The largest absolute Gasteiger partial charge is 0.444 e. The number of H-pyrrole nitrogens is 2. The molecule has 0 unspecified atom stereocenters. The summed E-state index contributed by atoms with van der Waals surface area (Å²) >= 11 is 0. The van der Waals surface area contributed by atoms with Crippen LogP contribution in [0.3, 0.4) is 0 Å². The van der Waals surface area contributed by atoms with Crippen molar-refractivity contribution >= 4 is 63.3 Å². The number of nitrogens with one attached hydrogen (secondary N) is 4. The topological polar surface area (TPSA) is 149 Å². The van der Waals surface area contributed by atoms with E-state index >= 15 is 0 Å². The number of likely N-dealkylation sites (tertiary alicyclic amines) is 2. The molecule has 4 heterocycles. The molecule has 302 valence electrons. The smallest absolute Gasteiger partial charge is 0.410 e. The molecule has 0 radical (unpaired) electrons. The Labute approximate surface area is 330 Å². The number of hydrogen-bond acceptors (Lipinski definition) is 6. The second kappa shape index (κ2) is 18.1. The number of hydrogen-bond donors (Lipinski definition) is 4. The predicted molar refractivity (Wildman–Crippen MR) is 224 cm³/mol. The average molecular weight is 769 g/mol. The molecule has 56 heavy (non-hydrogen) atoms. The number of aromatic nitrogens is 2. The summed E-state index contributed by atoms with van der Waals surface area (Å²) < 4.78 is 10.9. The maximum absolute atomic E-state index is 12.2. The van der Waals surface area contributed by atoms with Gasteiger partial charge in [-0.3, -0.25) is 9.59 Å². The first-order valence-electron chi connectivity index (χ1n) is 19.8. The average Bonchev–Trinajstić information content (AvgIpc) is 3.71. The number of allylic oxidation sites excluding steroid dienone is 1. The minimum atomic E-state index is -0.458. The normalized spacial score (nSPS) is 15.8. The molecule has 4 amide bonds. The number of rotatable bonds is 7. The lowest BCUT2D eigenvalue weighted by Gasteiger charge is -2.33. The van der Waals surface area contributed by atoms with Crippen molar-refractivity contribution in [1.82, 2.24) is 19.8 Å². The van der Waals surface area contributed by atoms with Crippen molar-refractivity contribution < 1.29 is 28.7 Å². The number of fused-ring (bicyclic) bond motifs is 2. The lowest BCUT2D eigenvalue weighted by atomic mass is 9.90. The van der Waals surface area contributed by atoms with E-state index in [2.05, 4.69) is 63.1 Å². The van der Waals surface area contributed by atoms with Crippen molar-refractivity contribution in [3.63, 3.8) is 0 Å². The van der Waals surface area contributed by atoms with Gasteiger partial charge in [-0.15, -0.1) is 0 Å². The monoisotopic (exact) mass is 768 g/mol. The standard InChI is InChI=1S/C22H31N3O3.C22H29N3O3/c2*1-15(26)24-20-14-23-19-8-7-17(13-18(19)20)6-5-16-9-11-25(12-10-16)21(27)28-22(2,3)4/h7-8,13-14,16,23H,5-6,9-12H2,1-4H3,(H,24,26);5-8,13-14,16,23H,9-12H2,1-4H3,(H,24,26)/b;6-5+. The van der Waals surface area contributed by atoms with Gasteiger partial charge in [0.15, 0.2) is 0 Å². The van der Waals surface area contributed by atoms with Gasteiger partial charge < -0.3 is 39.9 Å². The fourth-order valence-corrected chi connectivity index (χ4v) is 7.10.